The third-order valence-corrected chi connectivity index (χ3v) is 5.74. The van der Waals surface area contributed by atoms with E-state index in [1.54, 1.807) is 13.8 Å². The van der Waals surface area contributed by atoms with Crippen molar-refractivity contribution in [3.05, 3.63) is 29.1 Å². The van der Waals surface area contributed by atoms with Crippen molar-refractivity contribution in [3.63, 3.8) is 0 Å². The van der Waals surface area contributed by atoms with Crippen LogP contribution in [0.1, 0.15) is 36.8 Å². The number of rotatable bonds is 4. The van der Waals surface area contributed by atoms with E-state index in [-0.39, 0.29) is 16.9 Å². The predicted molar refractivity (Wildman–Crippen MR) is 79.0 cm³/mol. The van der Waals surface area contributed by atoms with Gasteiger partial charge in [0.15, 0.2) is 0 Å². The molecule has 0 spiro atoms. The predicted octanol–water partition coefficient (Wildman–Crippen LogP) is 2.27. The minimum Gasteiger partial charge on any atom is -0.393 e. The van der Waals surface area contributed by atoms with Gasteiger partial charge in [-0.2, -0.15) is 0 Å². The van der Waals surface area contributed by atoms with Crippen molar-refractivity contribution in [1.82, 2.24) is 4.72 Å². The first-order chi connectivity index (χ1) is 9.79. The number of halogens is 1. The fourth-order valence-corrected chi connectivity index (χ4v) is 4.63. The van der Waals surface area contributed by atoms with E-state index in [9.17, 15) is 17.9 Å². The maximum atomic E-state index is 13.3. The van der Waals surface area contributed by atoms with Crippen molar-refractivity contribution in [2.75, 3.05) is 6.54 Å². The van der Waals surface area contributed by atoms with Gasteiger partial charge in [-0.1, -0.05) is 6.42 Å². The Morgan fingerprint density at radius 1 is 1.29 bits per heavy atom. The van der Waals surface area contributed by atoms with Gasteiger partial charge in [0.2, 0.25) is 10.0 Å². The molecule has 118 valence electrons. The standard InChI is InChI=1S/C15H22FNO3S/c1-10-6-13(16)7-11(2)15(10)21(19,20)17-9-12-4-3-5-14(18)8-12/h6-7,12,14,17-18H,3-5,8-9H2,1-2H3. The monoisotopic (exact) mass is 315 g/mol. The smallest absolute Gasteiger partial charge is 0.241 e. The van der Waals surface area contributed by atoms with Gasteiger partial charge < -0.3 is 5.11 Å². The number of aliphatic hydroxyl groups is 1. The number of hydrogen-bond acceptors (Lipinski definition) is 3. The van der Waals surface area contributed by atoms with Gasteiger partial charge >= 0.3 is 0 Å². The highest BCUT2D eigenvalue weighted by molar-refractivity contribution is 7.89. The Labute approximate surface area is 125 Å². The summed E-state index contributed by atoms with van der Waals surface area (Å²) in [7, 11) is -3.65. The normalized spacial score (nSPS) is 23.2. The van der Waals surface area contributed by atoms with Crippen LogP contribution in [0.5, 0.6) is 0 Å². The second-order valence-corrected chi connectivity index (χ2v) is 7.61. The van der Waals surface area contributed by atoms with Crippen LogP contribution < -0.4 is 4.72 Å². The molecule has 2 rings (SSSR count). The van der Waals surface area contributed by atoms with Crippen LogP contribution >= 0.6 is 0 Å². The summed E-state index contributed by atoms with van der Waals surface area (Å²) in [6.07, 6.45) is 2.93. The molecule has 1 fully saturated rings. The molecule has 1 aromatic rings. The van der Waals surface area contributed by atoms with E-state index in [0.717, 1.165) is 19.3 Å². The summed E-state index contributed by atoms with van der Waals surface area (Å²) in [5.74, 6) is -0.274. The van der Waals surface area contributed by atoms with Gasteiger partial charge in [-0.3, -0.25) is 0 Å². The maximum Gasteiger partial charge on any atom is 0.241 e. The Hall–Kier alpha value is -0.980. The molecule has 21 heavy (non-hydrogen) atoms. The summed E-state index contributed by atoms with van der Waals surface area (Å²) in [5.41, 5.74) is 0.812. The molecule has 2 N–H and O–H groups in total. The van der Waals surface area contributed by atoms with Crippen LogP contribution in [0.3, 0.4) is 0 Å². The third kappa shape index (κ3) is 4.02. The average molecular weight is 315 g/mol. The minimum absolute atomic E-state index is 0.153. The molecular formula is C15H22FNO3S. The number of hydrogen-bond donors (Lipinski definition) is 2. The van der Waals surface area contributed by atoms with Gasteiger partial charge in [0, 0.05) is 6.54 Å². The van der Waals surface area contributed by atoms with Crippen LogP contribution in [0.25, 0.3) is 0 Å². The zero-order chi connectivity index (χ0) is 15.6. The molecular weight excluding hydrogens is 293 g/mol. The molecule has 1 aliphatic carbocycles. The molecule has 1 saturated carbocycles. The Bertz CT molecular complexity index is 592. The lowest BCUT2D eigenvalue weighted by atomic mass is 9.87. The fraction of sp³-hybridized carbons (Fsp3) is 0.600. The highest BCUT2D eigenvalue weighted by Gasteiger charge is 2.24. The Morgan fingerprint density at radius 3 is 2.48 bits per heavy atom. The molecule has 0 saturated heterocycles. The van der Waals surface area contributed by atoms with Crippen molar-refractivity contribution < 1.29 is 17.9 Å². The summed E-state index contributed by atoms with van der Waals surface area (Å²) in [4.78, 5) is 0.153. The zero-order valence-electron chi connectivity index (χ0n) is 12.4. The fourth-order valence-electron chi connectivity index (χ4n) is 3.07. The Morgan fingerprint density at radius 2 is 1.90 bits per heavy atom. The summed E-state index contributed by atoms with van der Waals surface area (Å²) in [5, 5.41) is 9.63. The summed E-state index contributed by atoms with van der Waals surface area (Å²) < 4.78 is 40.7. The number of aryl methyl sites for hydroxylation is 2. The molecule has 2 atom stereocenters. The summed E-state index contributed by atoms with van der Waals surface area (Å²) in [6.45, 7) is 3.50. The largest absolute Gasteiger partial charge is 0.393 e. The van der Waals surface area contributed by atoms with Crippen LogP contribution in [-0.2, 0) is 10.0 Å². The van der Waals surface area contributed by atoms with Crippen LogP contribution in [0.4, 0.5) is 4.39 Å². The second-order valence-electron chi connectivity index (χ2n) is 5.91. The van der Waals surface area contributed by atoms with E-state index in [1.165, 1.54) is 12.1 Å². The van der Waals surface area contributed by atoms with E-state index >= 15 is 0 Å². The van der Waals surface area contributed by atoms with Gasteiger partial charge in [-0.15, -0.1) is 0 Å². The zero-order valence-corrected chi connectivity index (χ0v) is 13.2. The molecule has 0 amide bonds. The molecule has 0 aromatic heterocycles. The highest BCUT2D eigenvalue weighted by atomic mass is 32.2. The first-order valence-corrected chi connectivity index (χ1v) is 8.72. The second kappa shape index (κ2) is 6.42. The molecule has 4 nitrogen and oxygen atoms in total. The van der Waals surface area contributed by atoms with Crippen molar-refractivity contribution in [2.24, 2.45) is 5.92 Å². The van der Waals surface area contributed by atoms with E-state index in [4.69, 9.17) is 0 Å². The van der Waals surface area contributed by atoms with Gasteiger partial charge in [-0.05, 0) is 62.3 Å². The molecule has 0 radical (unpaired) electrons. The van der Waals surface area contributed by atoms with Gasteiger partial charge in [0.25, 0.3) is 0 Å². The maximum absolute atomic E-state index is 13.3. The van der Waals surface area contributed by atoms with E-state index in [1.807, 2.05) is 0 Å². The van der Waals surface area contributed by atoms with Crippen LogP contribution in [0, 0.1) is 25.6 Å². The van der Waals surface area contributed by atoms with Crippen LogP contribution in [0.2, 0.25) is 0 Å². The van der Waals surface area contributed by atoms with E-state index in [2.05, 4.69) is 4.72 Å². The number of benzene rings is 1. The van der Waals surface area contributed by atoms with E-state index in [0.29, 0.717) is 24.1 Å². The van der Waals surface area contributed by atoms with Crippen LogP contribution in [0.15, 0.2) is 17.0 Å². The topological polar surface area (TPSA) is 66.4 Å². The summed E-state index contributed by atoms with van der Waals surface area (Å²) in [6, 6.07) is 2.46. The molecule has 6 heteroatoms. The van der Waals surface area contributed by atoms with Crippen molar-refractivity contribution in [1.29, 1.82) is 0 Å². The lowest BCUT2D eigenvalue weighted by Crippen LogP contribution is -2.33. The molecule has 2 unspecified atom stereocenters. The van der Waals surface area contributed by atoms with E-state index < -0.39 is 15.8 Å². The first-order valence-electron chi connectivity index (χ1n) is 7.24. The quantitative estimate of drug-likeness (QED) is 0.896. The molecule has 0 aliphatic heterocycles. The number of sulfonamides is 1. The molecule has 1 aliphatic rings. The highest BCUT2D eigenvalue weighted by Crippen LogP contribution is 2.25. The van der Waals surface area contributed by atoms with Crippen molar-refractivity contribution >= 4 is 10.0 Å². The summed E-state index contributed by atoms with van der Waals surface area (Å²) >= 11 is 0. The van der Waals surface area contributed by atoms with Gasteiger partial charge in [-0.25, -0.2) is 17.5 Å². The average Bonchev–Trinajstić information content (AvgIpc) is 2.35. The lowest BCUT2D eigenvalue weighted by Gasteiger charge is -2.26. The van der Waals surface area contributed by atoms with Gasteiger partial charge in [0.05, 0.1) is 11.0 Å². The van der Waals surface area contributed by atoms with Crippen molar-refractivity contribution in [3.8, 4) is 0 Å². The molecule has 0 heterocycles. The van der Waals surface area contributed by atoms with Gasteiger partial charge in [0.1, 0.15) is 5.82 Å². The molecule has 0 bridgehead atoms. The van der Waals surface area contributed by atoms with Crippen LogP contribution in [-0.4, -0.2) is 26.2 Å². The minimum atomic E-state index is -3.65. The Balaban J connectivity index is 2.12. The number of aliphatic hydroxyl groups excluding tert-OH is 1. The first kappa shape index (κ1) is 16.4. The Kier molecular flexibility index (Phi) is 5.01. The third-order valence-electron chi connectivity index (χ3n) is 4.01. The SMILES string of the molecule is Cc1cc(F)cc(C)c1S(=O)(=O)NCC1CCCC(O)C1. The lowest BCUT2D eigenvalue weighted by molar-refractivity contribution is 0.102. The van der Waals surface area contributed by atoms with Crippen molar-refractivity contribution in [2.45, 2.75) is 50.5 Å². The number of nitrogens with one attached hydrogen (secondary N) is 1. The molecule has 1 aromatic carbocycles.